The fourth-order valence-corrected chi connectivity index (χ4v) is 4.95. The van der Waals surface area contributed by atoms with E-state index in [0.717, 1.165) is 28.1 Å². The van der Waals surface area contributed by atoms with Gasteiger partial charge >= 0.3 is 0 Å². The van der Waals surface area contributed by atoms with Gasteiger partial charge in [0.05, 0.1) is 34.8 Å². The maximum atomic E-state index is 14.0. The number of H-pyrrole nitrogens is 1. The molecular formula is C33H23F2N5O2. The summed E-state index contributed by atoms with van der Waals surface area (Å²) in [4.78, 5) is 16.8. The van der Waals surface area contributed by atoms with Crippen LogP contribution in [0.4, 0.5) is 14.6 Å². The monoisotopic (exact) mass is 559 g/mol. The Hall–Kier alpha value is -5.75. The smallest absolute Gasteiger partial charge is 0.214 e. The molecule has 206 valence electrons. The fourth-order valence-electron chi connectivity index (χ4n) is 4.95. The summed E-state index contributed by atoms with van der Waals surface area (Å²) in [6, 6.07) is 25.8. The molecule has 42 heavy (non-hydrogen) atoms. The van der Waals surface area contributed by atoms with Gasteiger partial charge in [-0.15, -0.1) is 0 Å². The normalized spacial score (nSPS) is 11.0. The van der Waals surface area contributed by atoms with Crippen LogP contribution in [0.1, 0.15) is 38.3 Å². The summed E-state index contributed by atoms with van der Waals surface area (Å²) in [6.45, 7) is 1.79. The molecule has 0 radical (unpaired) electrons. The summed E-state index contributed by atoms with van der Waals surface area (Å²) in [5, 5.41) is 14.5. The molecule has 0 atom stereocenters. The number of nitriles is 1. The highest BCUT2D eigenvalue weighted by Gasteiger charge is 2.21. The van der Waals surface area contributed by atoms with Gasteiger partial charge in [0.15, 0.2) is 11.6 Å². The van der Waals surface area contributed by atoms with Crippen LogP contribution in [0.15, 0.2) is 91.1 Å². The lowest BCUT2D eigenvalue weighted by Crippen LogP contribution is -2.08. The summed E-state index contributed by atoms with van der Waals surface area (Å²) in [7, 11) is 0. The van der Waals surface area contributed by atoms with Gasteiger partial charge in [0.2, 0.25) is 11.6 Å². The van der Waals surface area contributed by atoms with E-state index in [4.69, 9.17) is 10.5 Å². The number of nitrogens with two attached hydrogens (primary N) is 1. The predicted octanol–water partition coefficient (Wildman–Crippen LogP) is 7.01. The molecule has 0 fully saturated rings. The van der Waals surface area contributed by atoms with Crippen molar-refractivity contribution in [3.05, 3.63) is 136 Å². The Balaban J connectivity index is 1.27. The van der Waals surface area contributed by atoms with Gasteiger partial charge in [0, 0.05) is 10.9 Å². The molecule has 0 aliphatic carbocycles. The highest BCUT2D eigenvalue weighted by Crippen LogP contribution is 2.30. The second kappa shape index (κ2) is 10.7. The van der Waals surface area contributed by atoms with E-state index in [1.807, 2.05) is 36.4 Å². The van der Waals surface area contributed by atoms with Gasteiger partial charge in [-0.3, -0.25) is 4.79 Å². The number of nitrogen functional groups attached to an aromatic ring is 1. The van der Waals surface area contributed by atoms with Crippen LogP contribution >= 0.6 is 0 Å². The number of nitrogens with one attached hydrogen (secondary N) is 1. The van der Waals surface area contributed by atoms with Crippen molar-refractivity contribution in [2.75, 3.05) is 5.73 Å². The number of aromatic nitrogens is 3. The number of hydrogen-bond donors (Lipinski definition) is 2. The Labute approximate surface area is 239 Å². The van der Waals surface area contributed by atoms with Gasteiger partial charge in [-0.2, -0.15) is 14.8 Å². The Bertz CT molecular complexity index is 2040. The molecule has 0 amide bonds. The number of fused-ring (bicyclic) bond motifs is 1. The second-order valence-corrected chi connectivity index (χ2v) is 9.84. The molecule has 9 heteroatoms. The third kappa shape index (κ3) is 4.86. The van der Waals surface area contributed by atoms with Crippen molar-refractivity contribution < 1.29 is 18.3 Å². The van der Waals surface area contributed by atoms with E-state index in [9.17, 15) is 18.8 Å². The van der Waals surface area contributed by atoms with Crippen LogP contribution in [0.25, 0.3) is 16.6 Å². The third-order valence-corrected chi connectivity index (χ3v) is 7.04. The second-order valence-electron chi connectivity index (χ2n) is 9.84. The molecule has 0 saturated carbocycles. The van der Waals surface area contributed by atoms with Gasteiger partial charge in [0.1, 0.15) is 11.6 Å². The summed E-state index contributed by atoms with van der Waals surface area (Å²) in [5.41, 5.74) is 11.7. The van der Waals surface area contributed by atoms with Crippen LogP contribution in [0.5, 0.6) is 11.5 Å². The first-order valence-electron chi connectivity index (χ1n) is 13.0. The SMILES string of the molecule is Cc1cc(Oc2cccc(F)c2F)ccc1-n1ncc(C(=O)c2cc3c(Cc4cccc(C#N)c4)cccc3[nH]2)c1N. The zero-order valence-corrected chi connectivity index (χ0v) is 22.4. The van der Waals surface area contributed by atoms with Gasteiger partial charge in [-0.1, -0.05) is 30.3 Å². The number of rotatable bonds is 7. The highest BCUT2D eigenvalue weighted by atomic mass is 19.2. The van der Waals surface area contributed by atoms with Gasteiger partial charge < -0.3 is 15.5 Å². The quantitative estimate of drug-likeness (QED) is 0.205. The van der Waals surface area contributed by atoms with Crippen molar-refractivity contribution >= 4 is 22.5 Å². The minimum atomic E-state index is -1.07. The number of benzene rings is 4. The van der Waals surface area contributed by atoms with Crippen molar-refractivity contribution in [3.63, 3.8) is 0 Å². The molecule has 2 aromatic heterocycles. The number of ketones is 1. The molecule has 0 aliphatic rings. The van der Waals surface area contributed by atoms with Gasteiger partial charge in [-0.05, 0) is 84.6 Å². The van der Waals surface area contributed by atoms with Crippen molar-refractivity contribution in [1.29, 1.82) is 5.26 Å². The number of hydrogen-bond acceptors (Lipinski definition) is 5. The van der Waals surface area contributed by atoms with Gasteiger partial charge in [-0.25, -0.2) is 9.07 Å². The maximum Gasteiger partial charge on any atom is 0.214 e. The average molecular weight is 560 g/mol. The van der Waals surface area contributed by atoms with E-state index in [1.165, 1.54) is 23.0 Å². The highest BCUT2D eigenvalue weighted by molar-refractivity contribution is 6.12. The number of carbonyl (C=O) groups is 1. The zero-order chi connectivity index (χ0) is 29.4. The van der Waals surface area contributed by atoms with Crippen LogP contribution in [-0.4, -0.2) is 20.5 Å². The van der Waals surface area contributed by atoms with Crippen LogP contribution in [0.2, 0.25) is 0 Å². The number of anilines is 1. The molecule has 6 aromatic rings. The standard InChI is InChI=1S/C33H23F2N5O2/c1-19-13-23(42-30-10-4-8-26(34)31(30)35)11-12-29(19)40-33(37)25(18-38-40)32(41)28-16-24-22(7-3-9-27(24)39-28)15-20-5-2-6-21(14-20)17-36/h2-14,16,18,39H,15,37H2,1H3. The Morgan fingerprint density at radius 1 is 1.05 bits per heavy atom. The maximum absolute atomic E-state index is 14.0. The lowest BCUT2D eigenvalue weighted by Gasteiger charge is -2.12. The van der Waals surface area contributed by atoms with Crippen LogP contribution in [0, 0.1) is 29.9 Å². The lowest BCUT2D eigenvalue weighted by atomic mass is 10.00. The third-order valence-electron chi connectivity index (χ3n) is 7.04. The zero-order valence-electron chi connectivity index (χ0n) is 22.4. The number of aryl methyl sites for hydroxylation is 1. The van der Waals surface area contributed by atoms with Crippen molar-refractivity contribution in [2.45, 2.75) is 13.3 Å². The first kappa shape index (κ1) is 26.5. The minimum absolute atomic E-state index is 0.153. The number of halogens is 2. The Morgan fingerprint density at radius 3 is 2.67 bits per heavy atom. The van der Waals surface area contributed by atoms with E-state index in [0.29, 0.717) is 34.7 Å². The molecule has 0 spiro atoms. The average Bonchev–Trinajstić information content (AvgIpc) is 3.60. The molecule has 7 nitrogen and oxygen atoms in total. The van der Waals surface area contributed by atoms with Crippen LogP contribution in [0.3, 0.4) is 0 Å². The Kier molecular flexibility index (Phi) is 6.73. The molecular weight excluding hydrogens is 536 g/mol. The van der Waals surface area contributed by atoms with Gasteiger partial charge in [0.25, 0.3) is 0 Å². The van der Waals surface area contributed by atoms with Crippen molar-refractivity contribution in [3.8, 4) is 23.3 Å². The van der Waals surface area contributed by atoms with Crippen LogP contribution in [-0.2, 0) is 6.42 Å². The van der Waals surface area contributed by atoms with E-state index in [-0.39, 0.29) is 22.9 Å². The number of ether oxygens (including phenoxy) is 1. The number of nitrogens with zero attached hydrogens (tertiary/aromatic N) is 3. The first-order chi connectivity index (χ1) is 20.3. The predicted molar refractivity (Wildman–Crippen MR) is 155 cm³/mol. The van der Waals surface area contributed by atoms with E-state index in [1.54, 1.807) is 37.3 Å². The van der Waals surface area contributed by atoms with E-state index >= 15 is 0 Å². The molecule has 4 aromatic carbocycles. The van der Waals surface area contributed by atoms with Crippen LogP contribution < -0.4 is 10.5 Å². The molecule has 0 bridgehead atoms. The Morgan fingerprint density at radius 2 is 1.86 bits per heavy atom. The van der Waals surface area contributed by atoms with E-state index in [2.05, 4.69) is 16.2 Å². The molecule has 0 saturated heterocycles. The minimum Gasteiger partial charge on any atom is -0.454 e. The fraction of sp³-hybridized carbons (Fsp3) is 0.0606. The number of aromatic amines is 1. The summed E-state index contributed by atoms with van der Waals surface area (Å²) in [5.74, 6) is -2.16. The lowest BCUT2D eigenvalue weighted by molar-refractivity contribution is 0.103. The summed E-state index contributed by atoms with van der Waals surface area (Å²) < 4.78 is 34.6. The number of carbonyl (C=O) groups excluding carboxylic acids is 1. The molecule has 6 rings (SSSR count). The molecule has 2 heterocycles. The molecule has 0 unspecified atom stereocenters. The first-order valence-corrected chi connectivity index (χ1v) is 13.0. The summed E-state index contributed by atoms with van der Waals surface area (Å²) >= 11 is 0. The molecule has 0 aliphatic heterocycles. The van der Waals surface area contributed by atoms with Crippen molar-refractivity contribution in [1.82, 2.24) is 14.8 Å². The van der Waals surface area contributed by atoms with Crippen molar-refractivity contribution in [2.24, 2.45) is 0 Å². The topological polar surface area (TPSA) is 110 Å². The summed E-state index contributed by atoms with van der Waals surface area (Å²) in [6.07, 6.45) is 2.02. The molecule has 3 N–H and O–H groups in total. The largest absolute Gasteiger partial charge is 0.454 e. The van der Waals surface area contributed by atoms with E-state index < -0.39 is 11.6 Å².